The summed E-state index contributed by atoms with van der Waals surface area (Å²) in [7, 11) is -2.78. The van der Waals surface area contributed by atoms with Crippen LogP contribution in [0.25, 0.3) is 68.6 Å². The number of H-pyrrole nitrogens is 2. The summed E-state index contributed by atoms with van der Waals surface area (Å²) in [6.45, 7) is 3.77. The summed E-state index contributed by atoms with van der Waals surface area (Å²) < 4.78 is 29.0. The molecule has 0 fully saturated rings. The number of nitrogens with zero attached hydrogens (tertiary/aromatic N) is 3. The lowest BCUT2D eigenvalue weighted by atomic mass is 10.0. The van der Waals surface area contributed by atoms with Crippen molar-refractivity contribution in [3.63, 3.8) is 0 Å². The minimum Gasteiger partial charge on any atom is -0.493 e. The molecule has 0 saturated carbocycles. The van der Waals surface area contributed by atoms with Gasteiger partial charge in [-0.05, 0) is 117 Å². The first kappa shape index (κ1) is 33.1. The average molecular weight is 702 g/mol. The Hall–Kier alpha value is -5.41. The minimum atomic E-state index is -3.96. The van der Waals surface area contributed by atoms with E-state index in [-0.39, 0.29) is 0 Å². The lowest BCUT2D eigenvalue weighted by molar-refractivity contribution is 0.218. The normalized spacial score (nSPS) is 13.8. The van der Waals surface area contributed by atoms with E-state index in [1.807, 2.05) is 98.0 Å². The van der Waals surface area contributed by atoms with Crippen LogP contribution in [0.1, 0.15) is 36.6 Å². The van der Waals surface area contributed by atoms with Crippen LogP contribution >= 0.6 is 19.8 Å². The monoisotopic (exact) mass is 701 g/mol. The van der Waals surface area contributed by atoms with E-state index in [0.717, 1.165) is 72.8 Å². The third-order valence-corrected chi connectivity index (χ3v) is 9.92. The zero-order valence-electron chi connectivity index (χ0n) is 27.4. The molecule has 0 saturated heterocycles. The number of ether oxygens (including phenoxy) is 2. The zero-order chi connectivity index (χ0) is 34.8. The first-order valence-corrected chi connectivity index (χ1v) is 17.9. The van der Waals surface area contributed by atoms with Gasteiger partial charge in [0.2, 0.25) is 0 Å². The number of hydrogen-bond donors (Lipinski definition) is 3. The molecule has 5 heterocycles. The molecule has 2 aliphatic rings. The molecular formula is C38H32N5O5PS. The van der Waals surface area contributed by atoms with Gasteiger partial charge in [0, 0.05) is 51.9 Å². The third-order valence-electron chi connectivity index (χ3n) is 8.28. The van der Waals surface area contributed by atoms with Crippen LogP contribution in [0.4, 0.5) is 5.69 Å². The summed E-state index contributed by atoms with van der Waals surface area (Å²) in [5, 5.41) is 2.42. The lowest BCUT2D eigenvalue weighted by Gasteiger charge is -2.20. The van der Waals surface area contributed by atoms with Crippen molar-refractivity contribution in [2.24, 2.45) is 4.99 Å². The van der Waals surface area contributed by atoms with Crippen molar-refractivity contribution in [3.05, 3.63) is 102 Å². The number of nitrogens with one attached hydrogen (secondary N) is 2. The van der Waals surface area contributed by atoms with Crippen LogP contribution in [0.3, 0.4) is 0 Å². The molecule has 250 valence electrons. The SMILES string of the molecule is CCOc1cc(OC(C)P(=O)(O)OC)ccc1-c1c2nc(cc3ccc([nH]3)c(-c3ccc(N=C=S)cc3)c3nc(cc4ccc1[nH]4)C=C3)C=C2. The number of aromatic nitrogens is 4. The standard InChI is InChI=1S/C38H32N5O5PS/c1-4-47-36-21-30(48-23(2)49(44,45)46-3)13-14-31(36)38-34-17-11-28(42-34)19-26-9-15-32(40-26)37(24-5-7-25(8-6-24)39-22-50)33-16-10-27(41-33)20-29-12-18-35(38)43-29/h5-21,23,40,43H,4H2,1-3H3,(H,44,45). The van der Waals surface area contributed by atoms with Crippen molar-refractivity contribution in [2.45, 2.75) is 19.7 Å². The van der Waals surface area contributed by atoms with Crippen LogP contribution in [0.15, 0.2) is 83.9 Å². The van der Waals surface area contributed by atoms with Gasteiger partial charge >= 0.3 is 7.60 Å². The van der Waals surface area contributed by atoms with E-state index < -0.39 is 13.4 Å². The predicted octanol–water partition coefficient (Wildman–Crippen LogP) is 9.68. The van der Waals surface area contributed by atoms with E-state index >= 15 is 0 Å². The smallest absolute Gasteiger partial charge is 0.367 e. The van der Waals surface area contributed by atoms with Gasteiger partial charge in [-0.25, -0.2) is 9.97 Å². The number of hydrogen-bond acceptors (Lipinski definition) is 8. The van der Waals surface area contributed by atoms with Gasteiger partial charge in [-0.2, -0.15) is 4.99 Å². The topological polar surface area (TPSA) is 135 Å². The molecule has 10 nitrogen and oxygen atoms in total. The Morgan fingerprint density at radius 2 is 1.48 bits per heavy atom. The van der Waals surface area contributed by atoms with Crippen molar-refractivity contribution in [2.75, 3.05) is 13.7 Å². The van der Waals surface area contributed by atoms with Crippen molar-refractivity contribution < 1.29 is 23.5 Å². The number of aromatic amines is 2. The molecule has 3 aromatic heterocycles. The average Bonchev–Trinajstić information content (AvgIpc) is 3.94. The van der Waals surface area contributed by atoms with Crippen molar-refractivity contribution >= 4 is 77.0 Å². The van der Waals surface area contributed by atoms with E-state index in [4.69, 9.17) is 36.2 Å². The molecule has 2 atom stereocenters. The highest BCUT2D eigenvalue weighted by Crippen LogP contribution is 2.47. The maximum atomic E-state index is 12.3. The van der Waals surface area contributed by atoms with Crippen LogP contribution in [-0.4, -0.2) is 49.6 Å². The molecular weight excluding hydrogens is 669 g/mol. The number of isothiocyanates is 1. The van der Waals surface area contributed by atoms with E-state index in [9.17, 15) is 9.46 Å². The first-order chi connectivity index (χ1) is 24.2. The number of thiocarbonyl (C=S) groups is 1. The largest absolute Gasteiger partial charge is 0.493 e. The van der Waals surface area contributed by atoms with E-state index in [1.54, 1.807) is 12.1 Å². The summed E-state index contributed by atoms with van der Waals surface area (Å²) in [6.07, 6.45) is 7.95. The van der Waals surface area contributed by atoms with Gasteiger partial charge < -0.3 is 28.9 Å². The molecule has 5 aromatic rings. The molecule has 0 radical (unpaired) electrons. The molecule has 3 N–H and O–H groups in total. The summed E-state index contributed by atoms with van der Waals surface area (Å²) in [6, 6.07) is 25.2. The molecule has 0 amide bonds. The quantitative estimate of drug-likeness (QED) is 0.0770. The molecule has 8 bridgehead atoms. The molecule has 2 aromatic carbocycles. The van der Waals surface area contributed by atoms with Crippen LogP contribution in [0, 0.1) is 0 Å². The van der Waals surface area contributed by atoms with E-state index in [0.29, 0.717) is 18.1 Å². The fourth-order valence-corrected chi connectivity index (χ4v) is 6.54. The Balaban J connectivity index is 1.43. The Bertz CT molecular complexity index is 2440. The van der Waals surface area contributed by atoms with Crippen molar-refractivity contribution in [1.82, 2.24) is 19.9 Å². The number of rotatable bonds is 9. The van der Waals surface area contributed by atoms with E-state index in [2.05, 4.69) is 20.1 Å². The zero-order valence-corrected chi connectivity index (χ0v) is 29.1. The lowest BCUT2D eigenvalue weighted by Crippen LogP contribution is -2.13. The van der Waals surface area contributed by atoms with Gasteiger partial charge in [-0.15, -0.1) is 0 Å². The highest BCUT2D eigenvalue weighted by atomic mass is 32.1. The third kappa shape index (κ3) is 6.73. The van der Waals surface area contributed by atoms with Crippen LogP contribution < -0.4 is 9.47 Å². The fourth-order valence-electron chi connectivity index (χ4n) is 5.88. The van der Waals surface area contributed by atoms with Crippen molar-refractivity contribution in [1.29, 1.82) is 0 Å². The fraction of sp³-hybridized carbons (Fsp3) is 0.132. The van der Waals surface area contributed by atoms with Gasteiger partial charge in [0.05, 0.1) is 40.2 Å². The van der Waals surface area contributed by atoms with Crippen LogP contribution in [0.2, 0.25) is 0 Å². The Morgan fingerprint density at radius 3 is 2.08 bits per heavy atom. The minimum absolute atomic E-state index is 0.367. The molecule has 0 aliphatic carbocycles. The van der Waals surface area contributed by atoms with E-state index in [1.165, 1.54) is 14.0 Å². The highest BCUT2D eigenvalue weighted by molar-refractivity contribution is 7.78. The van der Waals surface area contributed by atoms with Crippen LogP contribution in [0.5, 0.6) is 11.5 Å². The number of aliphatic imine (C=N–C) groups is 1. The maximum absolute atomic E-state index is 12.3. The molecule has 2 unspecified atom stereocenters. The first-order valence-electron chi connectivity index (χ1n) is 15.9. The summed E-state index contributed by atoms with van der Waals surface area (Å²) in [4.78, 5) is 31.4. The maximum Gasteiger partial charge on any atom is 0.367 e. The Kier molecular flexibility index (Phi) is 9.16. The predicted molar refractivity (Wildman–Crippen MR) is 203 cm³/mol. The summed E-state index contributed by atoms with van der Waals surface area (Å²) in [5.41, 5.74) is 10.8. The van der Waals surface area contributed by atoms with Gasteiger partial charge in [0.1, 0.15) is 11.5 Å². The van der Waals surface area contributed by atoms with Gasteiger partial charge in [-0.3, -0.25) is 4.57 Å². The highest BCUT2D eigenvalue weighted by Gasteiger charge is 2.29. The molecule has 2 aliphatic heterocycles. The number of fused-ring (bicyclic) bond motifs is 8. The molecule has 50 heavy (non-hydrogen) atoms. The van der Waals surface area contributed by atoms with Gasteiger partial charge in [0.25, 0.3) is 0 Å². The van der Waals surface area contributed by atoms with Gasteiger partial charge in [-0.1, -0.05) is 12.1 Å². The Morgan fingerprint density at radius 1 is 0.860 bits per heavy atom. The summed E-state index contributed by atoms with van der Waals surface area (Å²) >= 11 is 4.78. The van der Waals surface area contributed by atoms with Crippen molar-refractivity contribution in [3.8, 4) is 33.8 Å². The number of benzene rings is 2. The molecule has 7 rings (SSSR count). The second-order valence-corrected chi connectivity index (χ2v) is 13.9. The Labute approximate surface area is 293 Å². The second-order valence-electron chi connectivity index (χ2n) is 11.5. The van der Waals surface area contributed by atoms with Crippen LogP contribution in [-0.2, 0) is 9.09 Å². The van der Waals surface area contributed by atoms with Gasteiger partial charge in [0.15, 0.2) is 5.85 Å². The second kappa shape index (κ2) is 13.8. The molecule has 0 spiro atoms. The molecule has 12 heteroatoms. The summed E-state index contributed by atoms with van der Waals surface area (Å²) in [5.74, 6) is -0.184.